The summed E-state index contributed by atoms with van der Waals surface area (Å²) in [5.41, 5.74) is 0.238. The highest BCUT2D eigenvalue weighted by Crippen LogP contribution is 2.18. The summed E-state index contributed by atoms with van der Waals surface area (Å²) in [6.45, 7) is -0.536. The van der Waals surface area contributed by atoms with Crippen molar-refractivity contribution in [3.05, 3.63) is 29.8 Å². The molecule has 0 saturated carbocycles. The van der Waals surface area contributed by atoms with Crippen molar-refractivity contribution < 1.29 is 23.9 Å². The first-order valence-corrected chi connectivity index (χ1v) is 6.24. The minimum atomic E-state index is -0.658. The zero-order valence-corrected chi connectivity index (χ0v) is 12.2. The van der Waals surface area contributed by atoms with Gasteiger partial charge in [0.25, 0.3) is 5.91 Å². The highest BCUT2D eigenvalue weighted by atomic mass is 16.5. The van der Waals surface area contributed by atoms with Crippen LogP contribution in [0.1, 0.15) is 10.4 Å². The van der Waals surface area contributed by atoms with Gasteiger partial charge in [0.15, 0.2) is 6.61 Å². The van der Waals surface area contributed by atoms with Crippen molar-refractivity contribution in [3.8, 4) is 5.75 Å². The molecule has 1 N–H and O–H groups in total. The molecular formula is C14H18N2O5. The fourth-order valence-electron chi connectivity index (χ4n) is 1.51. The van der Waals surface area contributed by atoms with E-state index < -0.39 is 18.5 Å². The standard InChI is InChI=1S/C14H18N2O5/c1-15-12(17)8-16(2)13(18)9-21-14(19)10-6-4-5-7-11(10)20-3/h4-7H,8-9H2,1-3H3,(H,15,17). The number of hydrogen-bond acceptors (Lipinski definition) is 5. The Bertz CT molecular complexity index is 530. The normalized spacial score (nSPS) is 9.67. The third-order valence-electron chi connectivity index (χ3n) is 2.74. The molecule has 2 amide bonds. The number of methoxy groups -OCH3 is 1. The second-order valence-electron chi connectivity index (χ2n) is 4.20. The van der Waals surface area contributed by atoms with Crippen LogP contribution in [0.25, 0.3) is 0 Å². The Morgan fingerprint density at radius 1 is 1.24 bits per heavy atom. The van der Waals surface area contributed by atoms with Gasteiger partial charge in [-0.1, -0.05) is 12.1 Å². The van der Waals surface area contributed by atoms with Gasteiger partial charge in [0.2, 0.25) is 5.91 Å². The van der Waals surface area contributed by atoms with Crippen LogP contribution in [0.4, 0.5) is 0 Å². The van der Waals surface area contributed by atoms with Gasteiger partial charge in [-0.15, -0.1) is 0 Å². The molecule has 0 heterocycles. The molecule has 0 fully saturated rings. The Balaban J connectivity index is 2.56. The molecule has 0 saturated heterocycles. The quantitative estimate of drug-likeness (QED) is 0.750. The number of benzene rings is 1. The summed E-state index contributed by atoms with van der Waals surface area (Å²) in [4.78, 5) is 35.9. The molecule has 21 heavy (non-hydrogen) atoms. The van der Waals surface area contributed by atoms with E-state index in [0.717, 1.165) is 0 Å². The average Bonchev–Trinajstić information content (AvgIpc) is 2.51. The molecule has 1 rings (SSSR count). The lowest BCUT2D eigenvalue weighted by Gasteiger charge is -2.16. The number of para-hydroxylation sites is 1. The highest BCUT2D eigenvalue weighted by molar-refractivity contribution is 5.94. The average molecular weight is 294 g/mol. The SMILES string of the molecule is CNC(=O)CN(C)C(=O)COC(=O)c1ccccc1OC. The van der Waals surface area contributed by atoms with Crippen LogP contribution in [-0.2, 0) is 14.3 Å². The molecule has 0 spiro atoms. The van der Waals surface area contributed by atoms with Crippen molar-refractivity contribution in [2.24, 2.45) is 0 Å². The number of hydrogen-bond donors (Lipinski definition) is 1. The van der Waals surface area contributed by atoms with Crippen LogP contribution in [0.2, 0.25) is 0 Å². The lowest BCUT2D eigenvalue weighted by Crippen LogP contribution is -2.39. The van der Waals surface area contributed by atoms with Crippen molar-refractivity contribution in [2.75, 3.05) is 34.4 Å². The van der Waals surface area contributed by atoms with Crippen LogP contribution in [-0.4, -0.2) is 57.0 Å². The summed E-state index contributed by atoms with van der Waals surface area (Å²) in [6.07, 6.45) is 0. The van der Waals surface area contributed by atoms with E-state index in [4.69, 9.17) is 9.47 Å². The van der Waals surface area contributed by atoms with Gasteiger partial charge in [0.1, 0.15) is 11.3 Å². The van der Waals surface area contributed by atoms with E-state index in [1.54, 1.807) is 24.3 Å². The molecule has 1 aromatic rings. The largest absolute Gasteiger partial charge is 0.496 e. The Kier molecular flexibility index (Phi) is 6.19. The molecule has 0 aliphatic rings. The molecule has 1 aromatic carbocycles. The zero-order valence-electron chi connectivity index (χ0n) is 12.2. The Morgan fingerprint density at radius 3 is 2.52 bits per heavy atom. The monoisotopic (exact) mass is 294 g/mol. The minimum absolute atomic E-state index is 0.0957. The zero-order chi connectivity index (χ0) is 15.8. The van der Waals surface area contributed by atoms with Crippen molar-refractivity contribution in [1.29, 1.82) is 0 Å². The maximum atomic E-state index is 11.9. The molecule has 0 aliphatic heterocycles. The van der Waals surface area contributed by atoms with Crippen LogP contribution in [0.3, 0.4) is 0 Å². The van der Waals surface area contributed by atoms with Crippen molar-refractivity contribution in [1.82, 2.24) is 10.2 Å². The van der Waals surface area contributed by atoms with Crippen molar-refractivity contribution in [3.63, 3.8) is 0 Å². The molecular weight excluding hydrogens is 276 g/mol. The highest BCUT2D eigenvalue weighted by Gasteiger charge is 2.17. The van der Waals surface area contributed by atoms with Gasteiger partial charge in [-0.25, -0.2) is 4.79 Å². The van der Waals surface area contributed by atoms with Gasteiger partial charge < -0.3 is 19.7 Å². The van der Waals surface area contributed by atoms with Crippen molar-refractivity contribution in [2.45, 2.75) is 0 Å². The smallest absolute Gasteiger partial charge is 0.342 e. The first-order chi connectivity index (χ1) is 9.99. The summed E-state index contributed by atoms with van der Waals surface area (Å²) >= 11 is 0. The predicted octanol–water partition coefficient (Wildman–Crippen LogP) is 0.0564. The van der Waals surface area contributed by atoms with Gasteiger partial charge >= 0.3 is 5.97 Å². The summed E-state index contributed by atoms with van der Waals surface area (Å²) in [5, 5.41) is 2.40. The number of ether oxygens (including phenoxy) is 2. The maximum Gasteiger partial charge on any atom is 0.342 e. The third kappa shape index (κ3) is 4.79. The number of nitrogens with one attached hydrogen (secondary N) is 1. The predicted molar refractivity (Wildman–Crippen MR) is 75.0 cm³/mol. The number of amides is 2. The molecule has 114 valence electrons. The van der Waals surface area contributed by atoms with Crippen LogP contribution >= 0.6 is 0 Å². The number of esters is 1. The topological polar surface area (TPSA) is 84.9 Å². The molecule has 7 heteroatoms. The molecule has 7 nitrogen and oxygen atoms in total. The van der Waals surface area contributed by atoms with Crippen LogP contribution < -0.4 is 10.1 Å². The van der Waals surface area contributed by atoms with E-state index in [9.17, 15) is 14.4 Å². The van der Waals surface area contributed by atoms with Crippen LogP contribution in [0.5, 0.6) is 5.75 Å². The van der Waals surface area contributed by atoms with Gasteiger partial charge in [0, 0.05) is 14.1 Å². The van der Waals surface area contributed by atoms with Crippen LogP contribution in [0, 0.1) is 0 Å². The molecule has 0 bridgehead atoms. The summed E-state index contributed by atoms with van der Waals surface area (Å²) in [5.74, 6) is -1.06. The summed E-state index contributed by atoms with van der Waals surface area (Å²) < 4.78 is 9.97. The molecule has 0 unspecified atom stereocenters. The fraction of sp³-hybridized carbons (Fsp3) is 0.357. The Labute approximate surface area is 122 Å². The second-order valence-corrected chi connectivity index (χ2v) is 4.20. The number of carbonyl (C=O) groups excluding carboxylic acids is 3. The first-order valence-electron chi connectivity index (χ1n) is 6.24. The summed E-state index contributed by atoms with van der Waals surface area (Å²) in [7, 11) is 4.37. The van der Waals surface area contributed by atoms with Gasteiger partial charge in [-0.05, 0) is 12.1 Å². The lowest BCUT2D eigenvalue weighted by molar-refractivity contribution is -0.137. The number of carbonyl (C=O) groups is 3. The molecule has 0 atom stereocenters. The summed E-state index contributed by atoms with van der Waals surface area (Å²) in [6, 6.07) is 6.55. The van der Waals surface area contributed by atoms with Gasteiger partial charge in [0.05, 0.1) is 13.7 Å². The van der Waals surface area contributed by atoms with Gasteiger partial charge in [-0.3, -0.25) is 9.59 Å². The number of rotatable bonds is 6. The minimum Gasteiger partial charge on any atom is -0.496 e. The van der Waals surface area contributed by atoms with Crippen LogP contribution in [0.15, 0.2) is 24.3 Å². The number of likely N-dealkylation sites (N-methyl/N-ethyl adjacent to an activating group) is 2. The third-order valence-corrected chi connectivity index (χ3v) is 2.74. The van der Waals surface area contributed by atoms with E-state index in [1.165, 1.54) is 26.1 Å². The van der Waals surface area contributed by atoms with E-state index in [1.807, 2.05) is 0 Å². The Hall–Kier alpha value is -2.57. The lowest BCUT2D eigenvalue weighted by atomic mass is 10.2. The second kappa shape index (κ2) is 7.88. The molecule has 0 aliphatic carbocycles. The van der Waals surface area contributed by atoms with E-state index in [2.05, 4.69) is 5.32 Å². The van der Waals surface area contributed by atoms with E-state index in [-0.39, 0.29) is 18.0 Å². The number of nitrogens with zero attached hydrogens (tertiary/aromatic N) is 1. The first kappa shape index (κ1) is 16.5. The molecule has 0 radical (unpaired) electrons. The van der Waals surface area contributed by atoms with E-state index in [0.29, 0.717) is 5.75 Å². The van der Waals surface area contributed by atoms with Crippen molar-refractivity contribution >= 4 is 17.8 Å². The van der Waals surface area contributed by atoms with Gasteiger partial charge in [-0.2, -0.15) is 0 Å². The Morgan fingerprint density at radius 2 is 1.90 bits per heavy atom. The maximum absolute atomic E-state index is 11.9. The van der Waals surface area contributed by atoms with E-state index >= 15 is 0 Å². The fourth-order valence-corrected chi connectivity index (χ4v) is 1.51. The molecule has 0 aromatic heterocycles.